The van der Waals surface area contributed by atoms with Gasteiger partial charge in [0.2, 0.25) is 11.8 Å². The van der Waals surface area contributed by atoms with E-state index in [0.717, 1.165) is 11.1 Å². The van der Waals surface area contributed by atoms with E-state index in [2.05, 4.69) is 15.4 Å². The van der Waals surface area contributed by atoms with Crippen LogP contribution in [0.3, 0.4) is 0 Å². The van der Waals surface area contributed by atoms with Crippen LogP contribution in [0.25, 0.3) is 0 Å². The van der Waals surface area contributed by atoms with Crippen molar-refractivity contribution in [2.24, 2.45) is 0 Å². The lowest BCUT2D eigenvalue weighted by atomic mass is 10.1. The van der Waals surface area contributed by atoms with Crippen LogP contribution >= 0.6 is 11.6 Å². The number of hydrogen-bond donors (Lipinski definition) is 2. The minimum absolute atomic E-state index is 0.359. The fourth-order valence-electron chi connectivity index (χ4n) is 2.42. The quantitative estimate of drug-likeness (QED) is 0.617. The van der Waals surface area contributed by atoms with Gasteiger partial charge in [0.15, 0.2) is 0 Å². The number of benzene rings is 2. The highest BCUT2D eigenvalue weighted by molar-refractivity contribution is 6.34. The molecule has 2 aromatic rings. The number of esters is 1. The number of rotatable bonds is 5. The average Bonchev–Trinajstić information content (AvgIpc) is 2.58. The van der Waals surface area contributed by atoms with E-state index in [9.17, 15) is 14.4 Å². The number of halogens is 1. The smallest absolute Gasteiger partial charge is 0.337 e. The normalized spacial score (nSPS) is 10.2. The highest BCUT2D eigenvalue weighted by atomic mass is 35.5. The van der Waals surface area contributed by atoms with Crippen molar-refractivity contribution in [2.75, 3.05) is 17.7 Å². The molecule has 7 heteroatoms. The molecular weight excluding hydrogens is 356 g/mol. The van der Waals surface area contributed by atoms with Gasteiger partial charge >= 0.3 is 5.97 Å². The fourth-order valence-corrected chi connectivity index (χ4v) is 2.78. The maximum absolute atomic E-state index is 12.1. The molecule has 6 nitrogen and oxygen atoms in total. The molecule has 0 aromatic heterocycles. The minimum Gasteiger partial charge on any atom is -0.465 e. The number of ether oxygens (including phenoxy) is 1. The van der Waals surface area contributed by atoms with Crippen LogP contribution in [0.5, 0.6) is 0 Å². The Labute approximate surface area is 156 Å². The van der Waals surface area contributed by atoms with E-state index >= 15 is 0 Å². The van der Waals surface area contributed by atoms with Crippen LogP contribution in [0.2, 0.25) is 5.02 Å². The number of carbonyl (C=O) groups is 3. The predicted octanol–water partition coefficient (Wildman–Crippen LogP) is 3.71. The minimum atomic E-state index is -0.478. The Morgan fingerprint density at radius 2 is 1.62 bits per heavy atom. The Kier molecular flexibility index (Phi) is 6.36. The van der Waals surface area contributed by atoms with Gasteiger partial charge in [0, 0.05) is 5.69 Å². The van der Waals surface area contributed by atoms with Crippen LogP contribution in [0, 0.1) is 13.8 Å². The third-order valence-electron chi connectivity index (χ3n) is 3.61. The van der Waals surface area contributed by atoms with Crippen LogP contribution < -0.4 is 10.6 Å². The summed E-state index contributed by atoms with van der Waals surface area (Å²) in [5.74, 6) is -1.41. The van der Waals surface area contributed by atoms with Gasteiger partial charge in [0.05, 0.1) is 23.4 Å². The van der Waals surface area contributed by atoms with Gasteiger partial charge in [0.25, 0.3) is 0 Å². The molecule has 0 fully saturated rings. The highest BCUT2D eigenvalue weighted by Crippen LogP contribution is 2.27. The first-order valence-electron chi connectivity index (χ1n) is 7.85. The van der Waals surface area contributed by atoms with Crippen molar-refractivity contribution in [3.63, 3.8) is 0 Å². The summed E-state index contributed by atoms with van der Waals surface area (Å²) >= 11 is 6.14. The summed E-state index contributed by atoms with van der Waals surface area (Å²) in [5.41, 5.74) is 3.14. The molecule has 0 spiro atoms. The molecule has 26 heavy (non-hydrogen) atoms. The summed E-state index contributed by atoms with van der Waals surface area (Å²) in [6, 6.07) is 9.80. The van der Waals surface area contributed by atoms with Crippen LogP contribution in [-0.4, -0.2) is 24.9 Å². The lowest BCUT2D eigenvalue weighted by molar-refractivity contribution is -0.123. The van der Waals surface area contributed by atoms with Crippen molar-refractivity contribution in [1.82, 2.24) is 0 Å². The Bertz CT molecular complexity index is 824. The zero-order chi connectivity index (χ0) is 19.3. The second-order valence-corrected chi connectivity index (χ2v) is 6.19. The largest absolute Gasteiger partial charge is 0.465 e. The van der Waals surface area contributed by atoms with Crippen LogP contribution in [-0.2, 0) is 14.3 Å². The summed E-state index contributed by atoms with van der Waals surface area (Å²) in [6.45, 7) is 3.74. The number of anilines is 2. The lowest BCUT2D eigenvalue weighted by Crippen LogP contribution is -2.22. The van der Waals surface area contributed by atoms with Gasteiger partial charge in [-0.1, -0.05) is 17.7 Å². The number of amides is 2. The molecule has 0 saturated heterocycles. The summed E-state index contributed by atoms with van der Waals surface area (Å²) in [4.78, 5) is 35.5. The maximum atomic E-state index is 12.1. The maximum Gasteiger partial charge on any atom is 0.337 e. The van der Waals surface area contributed by atoms with Crippen molar-refractivity contribution >= 4 is 40.8 Å². The molecule has 2 amide bonds. The van der Waals surface area contributed by atoms with Gasteiger partial charge in [-0.05, 0) is 55.3 Å². The molecule has 0 atom stereocenters. The van der Waals surface area contributed by atoms with Crippen molar-refractivity contribution in [3.05, 3.63) is 58.1 Å². The van der Waals surface area contributed by atoms with E-state index in [-0.39, 0.29) is 6.42 Å². The Morgan fingerprint density at radius 3 is 2.19 bits per heavy atom. The van der Waals surface area contributed by atoms with Crippen LogP contribution in [0.1, 0.15) is 27.9 Å². The Balaban J connectivity index is 1.95. The van der Waals surface area contributed by atoms with E-state index in [4.69, 9.17) is 11.6 Å². The van der Waals surface area contributed by atoms with Crippen molar-refractivity contribution in [3.8, 4) is 0 Å². The average molecular weight is 375 g/mol. The van der Waals surface area contributed by atoms with Crippen LogP contribution in [0.4, 0.5) is 11.4 Å². The molecule has 0 radical (unpaired) electrons. The SMILES string of the molecule is COC(=O)c1ccc(NC(=O)CC(=O)Nc2c(C)cc(C)cc2Cl)cc1. The zero-order valence-corrected chi connectivity index (χ0v) is 15.4. The van der Waals surface area contributed by atoms with E-state index in [0.29, 0.717) is 22.0 Å². The molecule has 0 aliphatic heterocycles. The van der Waals surface area contributed by atoms with Gasteiger partial charge in [0.1, 0.15) is 6.42 Å². The van der Waals surface area contributed by atoms with Gasteiger partial charge in [-0.2, -0.15) is 0 Å². The number of methoxy groups -OCH3 is 1. The van der Waals surface area contributed by atoms with E-state index in [1.165, 1.54) is 19.2 Å². The summed E-state index contributed by atoms with van der Waals surface area (Å²) < 4.78 is 4.60. The van der Waals surface area contributed by atoms with Gasteiger partial charge < -0.3 is 15.4 Å². The Morgan fingerprint density at radius 1 is 1.00 bits per heavy atom. The van der Waals surface area contributed by atoms with Gasteiger partial charge in [-0.3, -0.25) is 9.59 Å². The standard InChI is InChI=1S/C19H19ClN2O4/c1-11-8-12(2)18(15(20)9-11)22-17(24)10-16(23)21-14-6-4-13(5-7-14)19(25)26-3/h4-9H,10H2,1-3H3,(H,21,23)(H,22,24). The predicted molar refractivity (Wildman–Crippen MR) is 101 cm³/mol. The molecule has 0 aliphatic carbocycles. The molecule has 0 bridgehead atoms. The molecule has 2 aromatic carbocycles. The number of carbonyl (C=O) groups excluding carboxylic acids is 3. The summed E-state index contributed by atoms with van der Waals surface area (Å²) in [7, 11) is 1.29. The third-order valence-corrected chi connectivity index (χ3v) is 3.91. The highest BCUT2D eigenvalue weighted by Gasteiger charge is 2.14. The molecule has 0 heterocycles. The molecular formula is C19H19ClN2O4. The zero-order valence-electron chi connectivity index (χ0n) is 14.7. The first kappa shape index (κ1) is 19.5. The first-order chi connectivity index (χ1) is 12.3. The second-order valence-electron chi connectivity index (χ2n) is 5.78. The fraction of sp³-hybridized carbons (Fsp3) is 0.211. The molecule has 0 saturated carbocycles. The second kappa shape index (κ2) is 8.49. The van der Waals surface area contributed by atoms with Crippen molar-refractivity contribution in [2.45, 2.75) is 20.3 Å². The molecule has 0 unspecified atom stereocenters. The van der Waals surface area contributed by atoms with E-state index in [1.54, 1.807) is 18.2 Å². The molecule has 2 N–H and O–H groups in total. The van der Waals surface area contributed by atoms with Crippen molar-refractivity contribution in [1.29, 1.82) is 0 Å². The van der Waals surface area contributed by atoms with Crippen molar-refractivity contribution < 1.29 is 19.1 Å². The monoisotopic (exact) mass is 374 g/mol. The first-order valence-corrected chi connectivity index (χ1v) is 8.22. The van der Waals surface area contributed by atoms with E-state index < -0.39 is 17.8 Å². The van der Waals surface area contributed by atoms with E-state index in [1.807, 2.05) is 19.9 Å². The molecule has 2 rings (SSSR count). The van der Waals surface area contributed by atoms with Crippen LogP contribution in [0.15, 0.2) is 36.4 Å². The number of hydrogen-bond acceptors (Lipinski definition) is 4. The Hall–Kier alpha value is -2.86. The number of aryl methyl sites for hydroxylation is 2. The van der Waals surface area contributed by atoms with Gasteiger partial charge in [-0.25, -0.2) is 4.79 Å². The number of nitrogens with one attached hydrogen (secondary N) is 2. The molecule has 136 valence electrons. The lowest BCUT2D eigenvalue weighted by Gasteiger charge is -2.12. The molecule has 0 aliphatic rings. The topological polar surface area (TPSA) is 84.5 Å². The summed E-state index contributed by atoms with van der Waals surface area (Å²) in [5, 5.41) is 5.68. The third kappa shape index (κ3) is 5.07. The summed E-state index contributed by atoms with van der Waals surface area (Å²) in [6.07, 6.45) is -0.359. The van der Waals surface area contributed by atoms with Gasteiger partial charge in [-0.15, -0.1) is 0 Å².